The van der Waals surface area contributed by atoms with Crippen LogP contribution < -0.4 is 10.1 Å². The number of ether oxygens (including phenoxy) is 1. The fourth-order valence-corrected chi connectivity index (χ4v) is 2.10. The quantitative estimate of drug-likeness (QED) is 0.624. The number of aromatic carboxylic acids is 1. The molecule has 122 valence electrons. The van der Waals surface area contributed by atoms with E-state index in [-0.39, 0.29) is 30.1 Å². The molecule has 2 rings (SSSR count). The summed E-state index contributed by atoms with van der Waals surface area (Å²) in [5, 5.41) is 20.7. The number of carbonyl (C=O) groups excluding carboxylic acids is 2. The fraction of sp³-hybridized carbons (Fsp3) is 0.267. The van der Waals surface area contributed by atoms with Crippen molar-refractivity contribution in [1.29, 1.82) is 0 Å². The van der Waals surface area contributed by atoms with Crippen molar-refractivity contribution >= 4 is 23.5 Å². The maximum absolute atomic E-state index is 12.1. The minimum atomic E-state index is -1.12. The first-order valence-electron chi connectivity index (χ1n) is 6.93. The molecule has 1 aliphatic rings. The van der Waals surface area contributed by atoms with Crippen LogP contribution in [0.1, 0.15) is 17.3 Å². The Balaban J connectivity index is 2.30. The average Bonchev–Trinajstić information content (AvgIpc) is 2.77. The summed E-state index contributed by atoms with van der Waals surface area (Å²) in [7, 11) is 0. The molecule has 0 saturated heterocycles. The molecule has 8 heteroatoms. The van der Waals surface area contributed by atoms with E-state index in [4.69, 9.17) is 14.9 Å². The van der Waals surface area contributed by atoms with Gasteiger partial charge in [0.1, 0.15) is 11.4 Å². The SMILES string of the molecule is CCOc1ccc(C(=O)O)cc1NC1=CC(=O)N(CCO)C1=O. The number of β-amino-alcohol motifs (C(OH)–C–C–N with tert-alkyl or cyclic N) is 1. The van der Waals surface area contributed by atoms with Crippen molar-refractivity contribution in [2.75, 3.05) is 25.1 Å². The molecule has 0 unspecified atom stereocenters. The number of imide groups is 1. The molecule has 0 atom stereocenters. The second-order valence-electron chi connectivity index (χ2n) is 4.65. The highest BCUT2D eigenvalue weighted by Crippen LogP contribution is 2.28. The molecular formula is C15H16N2O6. The number of nitrogens with zero attached hydrogens (tertiary/aromatic N) is 1. The summed E-state index contributed by atoms with van der Waals surface area (Å²) in [6.45, 7) is 1.68. The zero-order valence-electron chi connectivity index (χ0n) is 12.4. The molecule has 0 bridgehead atoms. The molecule has 0 spiro atoms. The Hall–Kier alpha value is -2.87. The Morgan fingerprint density at radius 2 is 2.09 bits per heavy atom. The molecule has 0 fully saturated rings. The number of nitrogens with one attached hydrogen (secondary N) is 1. The van der Waals surface area contributed by atoms with Crippen LogP contribution in [0.15, 0.2) is 30.0 Å². The Bertz CT molecular complexity index is 683. The lowest BCUT2D eigenvalue weighted by Crippen LogP contribution is -2.34. The molecule has 8 nitrogen and oxygen atoms in total. The van der Waals surface area contributed by atoms with Crippen LogP contribution in [-0.2, 0) is 9.59 Å². The zero-order chi connectivity index (χ0) is 17.0. The predicted octanol–water partition coefficient (Wildman–Crippen LogP) is 0.440. The Morgan fingerprint density at radius 3 is 2.70 bits per heavy atom. The van der Waals surface area contributed by atoms with Crippen molar-refractivity contribution in [2.45, 2.75) is 6.92 Å². The van der Waals surface area contributed by atoms with E-state index in [1.54, 1.807) is 6.92 Å². The van der Waals surface area contributed by atoms with Crippen molar-refractivity contribution < 1.29 is 29.3 Å². The van der Waals surface area contributed by atoms with Crippen LogP contribution in [0.4, 0.5) is 5.69 Å². The Labute approximate surface area is 132 Å². The van der Waals surface area contributed by atoms with Gasteiger partial charge in [-0.05, 0) is 25.1 Å². The van der Waals surface area contributed by atoms with Gasteiger partial charge in [0.05, 0.1) is 31.0 Å². The third kappa shape index (κ3) is 3.49. The van der Waals surface area contributed by atoms with Gasteiger partial charge in [-0.15, -0.1) is 0 Å². The van der Waals surface area contributed by atoms with Crippen LogP contribution >= 0.6 is 0 Å². The topological polar surface area (TPSA) is 116 Å². The minimum absolute atomic E-state index is 0.00746. The number of aliphatic hydroxyl groups excluding tert-OH is 1. The number of carboxylic acid groups (broad SMARTS) is 1. The highest BCUT2D eigenvalue weighted by molar-refractivity contribution is 6.17. The molecule has 0 saturated carbocycles. The number of amides is 2. The van der Waals surface area contributed by atoms with E-state index in [1.807, 2.05) is 0 Å². The molecule has 23 heavy (non-hydrogen) atoms. The summed E-state index contributed by atoms with van der Waals surface area (Å²) in [5.74, 6) is -1.90. The first kappa shape index (κ1) is 16.5. The lowest BCUT2D eigenvalue weighted by molar-refractivity contribution is -0.137. The Morgan fingerprint density at radius 1 is 1.35 bits per heavy atom. The molecule has 2 amide bonds. The van der Waals surface area contributed by atoms with Crippen molar-refractivity contribution in [2.24, 2.45) is 0 Å². The maximum Gasteiger partial charge on any atom is 0.335 e. The molecule has 1 heterocycles. The monoisotopic (exact) mass is 320 g/mol. The van der Waals surface area contributed by atoms with Gasteiger partial charge in [0, 0.05) is 6.08 Å². The molecular weight excluding hydrogens is 304 g/mol. The van der Waals surface area contributed by atoms with Crippen molar-refractivity contribution in [3.8, 4) is 5.75 Å². The molecule has 1 aromatic carbocycles. The van der Waals surface area contributed by atoms with E-state index in [9.17, 15) is 14.4 Å². The average molecular weight is 320 g/mol. The van der Waals surface area contributed by atoms with Gasteiger partial charge in [-0.25, -0.2) is 4.79 Å². The van der Waals surface area contributed by atoms with Crippen LogP contribution in [0.25, 0.3) is 0 Å². The van der Waals surface area contributed by atoms with Gasteiger partial charge in [0.2, 0.25) is 0 Å². The van der Waals surface area contributed by atoms with Crippen LogP contribution in [0.5, 0.6) is 5.75 Å². The number of carboxylic acids is 1. The van der Waals surface area contributed by atoms with E-state index in [0.29, 0.717) is 12.4 Å². The van der Waals surface area contributed by atoms with E-state index in [2.05, 4.69) is 5.32 Å². The van der Waals surface area contributed by atoms with Gasteiger partial charge in [0.25, 0.3) is 11.8 Å². The first-order chi connectivity index (χ1) is 11.0. The number of carbonyl (C=O) groups is 3. The number of hydrogen-bond acceptors (Lipinski definition) is 6. The van der Waals surface area contributed by atoms with E-state index in [0.717, 1.165) is 11.0 Å². The van der Waals surface area contributed by atoms with Crippen molar-refractivity contribution in [3.63, 3.8) is 0 Å². The zero-order valence-corrected chi connectivity index (χ0v) is 12.4. The molecule has 3 N–H and O–H groups in total. The smallest absolute Gasteiger partial charge is 0.335 e. The maximum atomic E-state index is 12.1. The second kappa shape index (κ2) is 6.93. The molecule has 0 radical (unpaired) electrons. The van der Waals surface area contributed by atoms with Crippen molar-refractivity contribution in [3.05, 3.63) is 35.5 Å². The highest BCUT2D eigenvalue weighted by Gasteiger charge is 2.31. The lowest BCUT2D eigenvalue weighted by Gasteiger charge is -2.15. The summed E-state index contributed by atoms with van der Waals surface area (Å²) in [6.07, 6.45) is 1.10. The number of hydrogen-bond donors (Lipinski definition) is 3. The van der Waals surface area contributed by atoms with E-state index < -0.39 is 17.8 Å². The molecule has 0 aliphatic carbocycles. The van der Waals surface area contributed by atoms with Crippen LogP contribution in [0.2, 0.25) is 0 Å². The molecule has 1 aliphatic heterocycles. The Kier molecular flexibility index (Phi) is 4.97. The van der Waals surface area contributed by atoms with Gasteiger partial charge in [-0.1, -0.05) is 0 Å². The lowest BCUT2D eigenvalue weighted by atomic mass is 10.2. The van der Waals surface area contributed by atoms with Gasteiger partial charge < -0.3 is 20.3 Å². The second-order valence-corrected chi connectivity index (χ2v) is 4.65. The molecule has 0 aromatic heterocycles. The van der Waals surface area contributed by atoms with E-state index >= 15 is 0 Å². The number of anilines is 1. The summed E-state index contributed by atoms with van der Waals surface area (Å²) in [5.41, 5.74) is 0.275. The third-order valence-corrected chi connectivity index (χ3v) is 3.13. The fourth-order valence-electron chi connectivity index (χ4n) is 2.10. The van der Waals surface area contributed by atoms with Crippen LogP contribution in [-0.4, -0.2) is 52.7 Å². The largest absolute Gasteiger partial charge is 0.492 e. The first-order valence-corrected chi connectivity index (χ1v) is 6.93. The summed E-state index contributed by atoms with van der Waals surface area (Å²) in [4.78, 5) is 35.8. The van der Waals surface area contributed by atoms with Gasteiger partial charge in [-0.2, -0.15) is 0 Å². The number of aliphatic hydroxyl groups is 1. The van der Waals surface area contributed by atoms with Crippen molar-refractivity contribution in [1.82, 2.24) is 4.90 Å². The number of benzene rings is 1. The van der Waals surface area contributed by atoms with Crippen LogP contribution in [0.3, 0.4) is 0 Å². The molecule has 1 aromatic rings. The third-order valence-electron chi connectivity index (χ3n) is 3.13. The predicted molar refractivity (Wildman–Crippen MR) is 80.1 cm³/mol. The summed E-state index contributed by atoms with van der Waals surface area (Å²) in [6, 6.07) is 4.18. The summed E-state index contributed by atoms with van der Waals surface area (Å²) < 4.78 is 5.39. The van der Waals surface area contributed by atoms with E-state index in [1.165, 1.54) is 18.2 Å². The standard InChI is InChI=1S/C15H16N2O6/c1-2-23-12-4-3-9(15(21)22)7-10(12)16-11-8-13(19)17(5-6-18)14(11)20/h3-4,7-8,16,18H,2,5-6H2,1H3,(H,21,22). The van der Waals surface area contributed by atoms with Crippen LogP contribution in [0, 0.1) is 0 Å². The number of rotatable bonds is 7. The van der Waals surface area contributed by atoms with Gasteiger partial charge in [-0.3, -0.25) is 14.5 Å². The van der Waals surface area contributed by atoms with Gasteiger partial charge in [0.15, 0.2) is 0 Å². The summed E-state index contributed by atoms with van der Waals surface area (Å²) >= 11 is 0. The van der Waals surface area contributed by atoms with Gasteiger partial charge >= 0.3 is 5.97 Å². The minimum Gasteiger partial charge on any atom is -0.492 e. The highest BCUT2D eigenvalue weighted by atomic mass is 16.5. The normalized spacial score (nSPS) is 14.0.